The molecule has 0 spiro atoms. The van der Waals surface area contributed by atoms with Crippen LogP contribution in [0.15, 0.2) is 0 Å². The predicted octanol–water partition coefficient (Wildman–Crippen LogP) is -8.81. The van der Waals surface area contributed by atoms with Crippen LogP contribution < -0.4 is 14.1 Å². The Kier molecular flexibility index (Phi) is 11600. The van der Waals surface area contributed by atoms with Gasteiger partial charge in [-0.3, -0.25) is 9.41 Å². The SMILES string of the molecule is F.F.[Cr+2].[Cr].[F-].[F-].[F-].[O]=[Cr]. The molecule has 0 rings (SSSR count). The summed E-state index contributed by atoms with van der Waals surface area (Å²) in [4.78, 5) is 0. The Morgan fingerprint density at radius 1 is 0.778 bits per heavy atom. The molecule has 0 fully saturated rings. The molecule has 0 saturated carbocycles. The van der Waals surface area contributed by atoms with E-state index in [1.807, 2.05) is 0 Å². The van der Waals surface area contributed by atoms with E-state index in [-0.39, 0.29) is 58.2 Å². The summed E-state index contributed by atoms with van der Waals surface area (Å²) in [6.45, 7) is 0. The molecule has 0 aromatic heterocycles. The van der Waals surface area contributed by atoms with Crippen molar-refractivity contribution in [3.8, 4) is 0 Å². The van der Waals surface area contributed by atoms with E-state index in [1.54, 1.807) is 0 Å². The summed E-state index contributed by atoms with van der Waals surface area (Å²) in [5.41, 5.74) is 0. The fourth-order valence-corrected chi connectivity index (χ4v) is 0. The molecule has 0 heterocycles. The summed E-state index contributed by atoms with van der Waals surface area (Å²) < 4.78 is 8.12. The fourth-order valence-electron chi connectivity index (χ4n) is 0. The minimum atomic E-state index is 0. The number of halogens is 5. The quantitative estimate of drug-likeness (QED) is 0.399. The summed E-state index contributed by atoms with van der Waals surface area (Å²) in [6, 6.07) is 0. The molecule has 0 amide bonds. The first-order valence-electron chi connectivity index (χ1n) is 0.167. The molecular formula is H2Cr3F5O-. The molecule has 0 saturated heterocycles. The zero-order valence-electron chi connectivity index (χ0n) is 3.58. The Labute approximate surface area is 78.3 Å². The van der Waals surface area contributed by atoms with E-state index in [0.29, 0.717) is 0 Å². The Bertz CT molecular complexity index is 12.2. The van der Waals surface area contributed by atoms with Gasteiger partial charge in [-0.1, -0.05) is 0 Å². The topological polar surface area (TPSA) is 17.1 Å². The van der Waals surface area contributed by atoms with Crippen molar-refractivity contribution in [2.45, 2.75) is 0 Å². The molecule has 0 radical (unpaired) electrons. The molecule has 0 atom stereocenters. The van der Waals surface area contributed by atoms with Crippen LogP contribution in [0, 0.1) is 0 Å². The van der Waals surface area contributed by atoms with Crippen molar-refractivity contribution >= 4 is 0 Å². The molecule has 0 aliphatic carbocycles. The molecule has 0 bridgehead atoms. The van der Waals surface area contributed by atoms with Gasteiger partial charge < -0.3 is 14.1 Å². The van der Waals surface area contributed by atoms with Gasteiger partial charge in [0.1, 0.15) is 0 Å². The third kappa shape index (κ3) is 410. The van der Waals surface area contributed by atoms with Crippen molar-refractivity contribution in [2.75, 3.05) is 0 Å². The second-order valence-electron chi connectivity index (χ2n) is 0. The van der Waals surface area contributed by atoms with Crippen LogP contribution >= 0.6 is 0 Å². The van der Waals surface area contributed by atoms with E-state index in [4.69, 9.17) is 3.80 Å². The van der Waals surface area contributed by atoms with Gasteiger partial charge in [-0.2, -0.15) is 0 Å². The third-order valence-electron chi connectivity index (χ3n) is 0. The second kappa shape index (κ2) is 534. The van der Waals surface area contributed by atoms with Crippen LogP contribution in [0.2, 0.25) is 0 Å². The van der Waals surface area contributed by atoms with Crippen LogP contribution in [0.4, 0.5) is 9.41 Å². The van der Waals surface area contributed by atoms with E-state index in [0.717, 1.165) is 0 Å². The Hall–Kier alpha value is 1.05. The van der Waals surface area contributed by atoms with Crippen molar-refractivity contribution in [3.05, 3.63) is 0 Å². The summed E-state index contributed by atoms with van der Waals surface area (Å²) in [5, 5.41) is 0. The van der Waals surface area contributed by atoms with Gasteiger partial charge >= 0.3 is 37.4 Å². The van der Waals surface area contributed by atoms with Crippen molar-refractivity contribution in [2.24, 2.45) is 0 Å². The van der Waals surface area contributed by atoms with E-state index in [2.05, 4.69) is 0 Å². The molecular weight excluding hydrogens is 267 g/mol. The van der Waals surface area contributed by atoms with Crippen LogP contribution in [0.5, 0.6) is 0 Å². The van der Waals surface area contributed by atoms with Gasteiger partial charge in [0.2, 0.25) is 0 Å². The fraction of sp³-hybridized carbons (Fsp3) is 0. The molecule has 9 heteroatoms. The zero-order chi connectivity index (χ0) is 2.00. The molecule has 1 nitrogen and oxygen atoms in total. The number of hydrogen-bond acceptors (Lipinski definition) is 1. The van der Waals surface area contributed by atoms with E-state index < -0.39 is 0 Å². The van der Waals surface area contributed by atoms with Gasteiger partial charge in [-0.15, -0.1) is 0 Å². The van der Waals surface area contributed by atoms with Gasteiger partial charge in [0.25, 0.3) is 0 Å². The number of rotatable bonds is 0. The van der Waals surface area contributed by atoms with E-state index in [9.17, 15) is 0 Å². The first kappa shape index (κ1) is 196. The van der Waals surface area contributed by atoms with Gasteiger partial charge in [0, 0.05) is 17.4 Å². The molecule has 62 valence electrons. The molecule has 0 N–H and O–H groups in total. The normalized spacial score (nSPS) is 0.444. The summed E-state index contributed by atoms with van der Waals surface area (Å²) >= 11 is 1.38. The average Bonchev–Trinajstić information content (AvgIpc) is 1.00. The Morgan fingerprint density at radius 2 is 0.778 bits per heavy atom. The van der Waals surface area contributed by atoms with Crippen molar-refractivity contribution in [1.29, 1.82) is 0 Å². The number of hydrogen-bond donors (Lipinski definition) is 0. The van der Waals surface area contributed by atoms with Crippen molar-refractivity contribution in [1.82, 2.24) is 0 Å². The van der Waals surface area contributed by atoms with E-state index >= 15 is 0 Å². The molecule has 0 aliphatic rings. The van der Waals surface area contributed by atoms with Crippen LogP contribution in [-0.4, -0.2) is 0 Å². The monoisotopic (exact) mass is 269 g/mol. The van der Waals surface area contributed by atoms with Gasteiger partial charge in [-0.05, 0) is 0 Å². The molecule has 0 aromatic carbocycles. The standard InChI is InChI=1S/3Cr.5FH.O/h;;;5*1H;/q;;+2;;;;;;/p-3. The van der Waals surface area contributed by atoms with Crippen molar-refractivity contribution in [3.63, 3.8) is 0 Å². The summed E-state index contributed by atoms with van der Waals surface area (Å²) in [5.74, 6) is 0. The zero-order valence-corrected chi connectivity index (χ0v) is 7.41. The molecule has 0 unspecified atom stereocenters. The maximum atomic E-state index is 8.12. The summed E-state index contributed by atoms with van der Waals surface area (Å²) in [7, 11) is 0. The Balaban J connectivity index is -0.000000000238. The van der Waals surface area contributed by atoms with Gasteiger partial charge in [0.15, 0.2) is 0 Å². The van der Waals surface area contributed by atoms with Crippen LogP contribution in [0.3, 0.4) is 0 Å². The molecule has 0 aromatic rings. The Morgan fingerprint density at radius 3 is 0.778 bits per heavy atom. The van der Waals surface area contributed by atoms with E-state index in [1.165, 1.54) is 16.2 Å². The molecule has 9 heavy (non-hydrogen) atoms. The predicted molar refractivity (Wildman–Crippen MR) is 5.69 cm³/mol. The first-order valence-corrected chi connectivity index (χ1v) is 0.687. The second-order valence-corrected chi connectivity index (χ2v) is 0. The maximum absolute atomic E-state index is 8.12. The van der Waals surface area contributed by atoms with Crippen molar-refractivity contribution < 1.29 is 78.3 Å². The summed E-state index contributed by atoms with van der Waals surface area (Å²) in [6.07, 6.45) is 0. The third-order valence-corrected chi connectivity index (χ3v) is 0. The average molecular weight is 269 g/mol. The molecule has 0 aliphatic heterocycles. The van der Waals surface area contributed by atoms with Gasteiger partial charge in [0.05, 0.1) is 0 Å². The van der Waals surface area contributed by atoms with Crippen LogP contribution in [0.1, 0.15) is 0 Å². The minimum absolute atomic E-state index is 0. The van der Waals surface area contributed by atoms with Crippen LogP contribution in [-0.2, 0) is 54.8 Å². The van der Waals surface area contributed by atoms with Gasteiger partial charge in [-0.25, -0.2) is 0 Å². The van der Waals surface area contributed by atoms with Crippen LogP contribution in [0.25, 0.3) is 0 Å². The first-order chi connectivity index (χ1) is 1.00.